The minimum atomic E-state index is -2.19. The number of aliphatic hydroxyl groups excluding tert-OH is 2. The van der Waals surface area contributed by atoms with Gasteiger partial charge >= 0.3 is 5.97 Å². The second-order valence-corrected chi connectivity index (χ2v) is 20.8. The quantitative estimate of drug-likeness (QED) is 0.106. The smallest absolute Gasteiger partial charge is 0.330 e. The van der Waals surface area contributed by atoms with Gasteiger partial charge in [0.25, 0.3) is 0 Å². The Hall–Kier alpha value is -8.88. The summed E-state index contributed by atoms with van der Waals surface area (Å²) in [7, 11) is 3.25. The Balaban J connectivity index is 1.36. The fourth-order valence-corrected chi connectivity index (χ4v) is 9.96. The number of aromatic hydroxyl groups is 4. The maximum atomic E-state index is 15.4. The molecule has 7 amide bonds. The number of nitrogens with two attached hydrogens (primary N) is 1. The Kier molecular flexibility index (Phi) is 16.9. The van der Waals surface area contributed by atoms with Crippen LogP contribution in [0.1, 0.15) is 84.8 Å². The molecular formula is C54H54Cl2N8O17. The molecule has 10 rings (SSSR count). The van der Waals surface area contributed by atoms with Gasteiger partial charge in [0.05, 0.1) is 22.5 Å². The highest BCUT2D eigenvalue weighted by Crippen LogP contribution is 2.47. The number of halogens is 2. The van der Waals surface area contributed by atoms with Crippen molar-refractivity contribution in [2.45, 2.75) is 81.2 Å². The molecule has 0 fully saturated rings. The SMILES string of the molecule is CC(C)C[C@H](C(=O)N[C@H]1C(=O)N[C@@H](CC(N)=O)C(=O)N[C@H]2C(=O)N[C@H]3C(=O)N[C@H](C(=O)N[C@H](C(=O)O)c4cc(O)cc(O)c4-c4cc3ccc4O)[C@H](O)c3ccc(c(Cl)c3)Oc3cc2cc(c3O)Oc2ccc(cc2Cl)[C@H]1O)N(C)C. The maximum Gasteiger partial charge on any atom is 0.330 e. The number of primary amides is 1. The first-order chi connectivity index (χ1) is 38.2. The van der Waals surface area contributed by atoms with Crippen molar-refractivity contribution in [1.29, 1.82) is 0 Å². The second-order valence-electron chi connectivity index (χ2n) is 20.0. The van der Waals surface area contributed by atoms with E-state index in [1.165, 1.54) is 30.3 Å². The highest BCUT2D eigenvalue weighted by Gasteiger charge is 2.42. The molecule has 5 aliphatic heterocycles. The van der Waals surface area contributed by atoms with Crippen LogP contribution >= 0.6 is 23.2 Å². The van der Waals surface area contributed by atoms with Gasteiger partial charge in [0.15, 0.2) is 17.5 Å². The molecule has 0 saturated heterocycles. The van der Waals surface area contributed by atoms with Crippen molar-refractivity contribution in [2.24, 2.45) is 11.7 Å². The van der Waals surface area contributed by atoms with Crippen molar-refractivity contribution in [3.63, 3.8) is 0 Å². The zero-order chi connectivity index (χ0) is 59.0. The molecule has 0 aliphatic carbocycles. The summed E-state index contributed by atoms with van der Waals surface area (Å²) < 4.78 is 12.3. The number of likely N-dealkylation sites (N-methyl/N-ethyl adjacent to an activating group) is 1. The largest absolute Gasteiger partial charge is 0.508 e. The molecule has 25 nitrogen and oxygen atoms in total. The molecule has 0 spiro atoms. The number of phenols is 4. The standard InChI is InChI=1S/C54H54Cl2N8O17/c1-20(2)11-31(64(3)4)49(73)62-43-45(69)22-6-9-34(28(55)13-22)80-36-15-24-16-37(47(36)71)81-35-10-7-23(14-29(35)56)46(70)44-53(77)61-42(54(78)79)27-17-25(65)18-33(67)39(27)26-12-21(5-8-32(26)66)40(50(74)63-44)60-51(75)41(24)59-48(72)30(19-38(57)68)58-52(43)76/h5-10,12-18,20,30-31,40-46,65-67,69-71H,11,19H2,1-4H3,(H2,57,68)(H,58,76)(H,59,72)(H,60,75)(H,61,77)(H,62,73)(H,63,74)(H,78,79)/t30-,31+,40+,41+,42-,43+,44-,45+,46+/m0/s1. The lowest BCUT2D eigenvalue weighted by Gasteiger charge is -2.31. The van der Waals surface area contributed by atoms with E-state index in [1.807, 2.05) is 13.8 Å². The third-order valence-electron chi connectivity index (χ3n) is 13.6. The van der Waals surface area contributed by atoms with Gasteiger partial charge in [-0.15, -0.1) is 0 Å². The van der Waals surface area contributed by atoms with Crippen molar-refractivity contribution in [3.05, 3.63) is 117 Å². The van der Waals surface area contributed by atoms with Crippen LogP contribution in [-0.2, 0) is 38.4 Å². The van der Waals surface area contributed by atoms with Crippen LogP contribution in [0.4, 0.5) is 0 Å². The number of nitrogens with zero attached hydrogens (tertiary/aromatic N) is 1. The summed E-state index contributed by atoms with van der Waals surface area (Å²) in [6.45, 7) is 3.72. The summed E-state index contributed by atoms with van der Waals surface area (Å²) in [5.74, 6) is -14.9. The van der Waals surface area contributed by atoms with E-state index in [9.17, 15) is 69.3 Å². The average Bonchev–Trinajstić information content (AvgIpc) is 3.52. The summed E-state index contributed by atoms with van der Waals surface area (Å²) in [5, 5.41) is 93.5. The Morgan fingerprint density at radius 2 is 1.22 bits per heavy atom. The van der Waals surface area contributed by atoms with Gasteiger partial charge in [-0.25, -0.2) is 4.79 Å². The van der Waals surface area contributed by atoms with E-state index in [0.717, 1.165) is 48.5 Å². The number of ether oxygens (including phenoxy) is 2. The lowest BCUT2D eigenvalue weighted by Crippen LogP contribution is -2.59. The number of carbonyl (C=O) groups is 8. The number of hydrogen-bond donors (Lipinski definition) is 14. The van der Waals surface area contributed by atoms with Crippen molar-refractivity contribution < 1.29 is 83.6 Å². The fourth-order valence-electron chi connectivity index (χ4n) is 9.51. The number of rotatable bonds is 8. The van der Waals surface area contributed by atoms with Crippen LogP contribution < -0.4 is 47.1 Å². The molecule has 0 saturated carbocycles. The molecule has 9 atom stereocenters. The number of carbonyl (C=O) groups excluding carboxylic acids is 7. The van der Waals surface area contributed by atoms with Gasteiger partial charge in [-0.2, -0.15) is 0 Å². The Morgan fingerprint density at radius 1 is 0.654 bits per heavy atom. The Morgan fingerprint density at radius 3 is 1.79 bits per heavy atom. The van der Waals surface area contributed by atoms with Crippen molar-refractivity contribution in [1.82, 2.24) is 36.8 Å². The Bertz CT molecular complexity index is 3420. The summed E-state index contributed by atoms with van der Waals surface area (Å²) in [5.41, 5.74) is 3.34. The number of fused-ring (bicyclic) bond motifs is 15. The van der Waals surface area contributed by atoms with Gasteiger partial charge in [-0.3, -0.25) is 38.5 Å². The summed E-state index contributed by atoms with van der Waals surface area (Å²) in [6, 6.07) is 0.668. The zero-order valence-corrected chi connectivity index (χ0v) is 44.7. The predicted molar refractivity (Wildman–Crippen MR) is 285 cm³/mol. The molecule has 0 unspecified atom stereocenters. The summed E-state index contributed by atoms with van der Waals surface area (Å²) in [6.07, 6.45) is -4.74. The molecule has 5 heterocycles. The molecule has 5 aliphatic rings. The lowest BCUT2D eigenvalue weighted by molar-refractivity contribution is -0.143. The molecule has 11 bridgehead atoms. The monoisotopic (exact) mass is 1160 g/mol. The first-order valence-electron chi connectivity index (χ1n) is 24.8. The van der Waals surface area contributed by atoms with Crippen LogP contribution in [0.3, 0.4) is 0 Å². The molecule has 0 aromatic heterocycles. The van der Waals surface area contributed by atoms with Crippen molar-refractivity contribution in [2.75, 3.05) is 14.1 Å². The number of aliphatic carboxylic acids is 1. The van der Waals surface area contributed by atoms with E-state index in [-0.39, 0.29) is 49.7 Å². The first kappa shape index (κ1) is 58.3. The zero-order valence-electron chi connectivity index (χ0n) is 43.2. The van der Waals surface area contributed by atoms with Crippen LogP contribution in [0.5, 0.6) is 46.0 Å². The van der Waals surface area contributed by atoms with Crippen LogP contribution in [0, 0.1) is 5.92 Å². The Labute approximate surface area is 469 Å². The van der Waals surface area contributed by atoms with E-state index in [2.05, 4.69) is 31.9 Å². The van der Waals surface area contributed by atoms with E-state index < -0.39 is 159 Å². The first-order valence-corrected chi connectivity index (χ1v) is 25.5. The number of hydrogen-bond acceptors (Lipinski definition) is 17. The number of carboxylic acids is 1. The second kappa shape index (κ2) is 23.4. The van der Waals surface area contributed by atoms with E-state index >= 15 is 4.79 Å². The third-order valence-corrected chi connectivity index (χ3v) is 14.2. The minimum absolute atomic E-state index is 0.0304. The third kappa shape index (κ3) is 12.3. The number of amides is 7. The van der Waals surface area contributed by atoms with E-state index in [4.69, 9.17) is 38.4 Å². The van der Waals surface area contributed by atoms with E-state index in [0.29, 0.717) is 6.42 Å². The molecular weight excluding hydrogens is 1100 g/mol. The van der Waals surface area contributed by atoms with Crippen molar-refractivity contribution >= 4 is 70.5 Å². The van der Waals surface area contributed by atoms with Gasteiger partial charge in [-0.05, 0) is 103 Å². The lowest BCUT2D eigenvalue weighted by atomic mass is 9.89. The minimum Gasteiger partial charge on any atom is -0.508 e. The summed E-state index contributed by atoms with van der Waals surface area (Å²) in [4.78, 5) is 116. The number of carboxylic acid groups (broad SMARTS) is 1. The molecule has 426 valence electrons. The topological polar surface area (TPSA) is 398 Å². The average molecular weight is 1160 g/mol. The molecule has 15 N–H and O–H groups in total. The van der Waals surface area contributed by atoms with Crippen LogP contribution in [0.2, 0.25) is 10.0 Å². The number of benzene rings is 5. The maximum absolute atomic E-state index is 15.4. The fraction of sp³-hybridized carbons (Fsp3) is 0.296. The molecule has 0 radical (unpaired) electrons. The molecule has 81 heavy (non-hydrogen) atoms. The number of aliphatic hydroxyl groups is 2. The molecule has 5 aromatic carbocycles. The van der Waals surface area contributed by atoms with Gasteiger partial charge in [-0.1, -0.05) is 55.2 Å². The predicted octanol–water partition coefficient (Wildman–Crippen LogP) is 2.74. The normalized spacial score (nSPS) is 22.4. The molecule has 5 aromatic rings. The number of nitrogens with one attached hydrogen (secondary N) is 6. The van der Waals surface area contributed by atoms with Gasteiger partial charge in [0.1, 0.15) is 71.2 Å². The van der Waals surface area contributed by atoms with E-state index in [1.54, 1.807) is 19.0 Å². The highest BCUT2D eigenvalue weighted by molar-refractivity contribution is 6.32. The molecule has 27 heteroatoms. The van der Waals surface area contributed by atoms with Crippen molar-refractivity contribution in [3.8, 4) is 57.1 Å². The van der Waals surface area contributed by atoms with Gasteiger partial charge in [0.2, 0.25) is 47.1 Å². The summed E-state index contributed by atoms with van der Waals surface area (Å²) >= 11 is 13.5. The van der Waals surface area contributed by atoms with Crippen LogP contribution in [-0.4, -0.2) is 126 Å². The van der Waals surface area contributed by atoms with Gasteiger partial charge < -0.3 is 82.9 Å². The van der Waals surface area contributed by atoms with Gasteiger partial charge in [0, 0.05) is 22.8 Å². The number of phenolic OH excluding ortho intramolecular Hbond substituents is 4. The van der Waals surface area contributed by atoms with Crippen LogP contribution in [0.15, 0.2) is 78.9 Å². The highest BCUT2D eigenvalue weighted by atomic mass is 35.5. The van der Waals surface area contributed by atoms with Crippen LogP contribution in [0.25, 0.3) is 11.1 Å².